The molecule has 1 aromatic rings. The van der Waals surface area contributed by atoms with E-state index in [1.807, 2.05) is 17.9 Å². The van der Waals surface area contributed by atoms with Crippen molar-refractivity contribution in [1.29, 1.82) is 0 Å². The Morgan fingerprint density at radius 2 is 2.42 bits per heavy atom. The molecule has 1 aliphatic carbocycles. The van der Waals surface area contributed by atoms with Gasteiger partial charge in [-0.3, -0.25) is 4.68 Å². The molecule has 2 rings (SSSR count). The van der Waals surface area contributed by atoms with Crippen molar-refractivity contribution in [3.05, 3.63) is 10.7 Å². The Balaban J connectivity index is 2.05. The highest BCUT2D eigenvalue weighted by molar-refractivity contribution is 9.10. The molecule has 1 fully saturated rings. The van der Waals surface area contributed by atoms with Crippen molar-refractivity contribution in [2.45, 2.75) is 25.3 Å². The van der Waals surface area contributed by atoms with Gasteiger partial charge in [0, 0.05) is 19.3 Å². The van der Waals surface area contributed by atoms with Gasteiger partial charge in [-0.2, -0.15) is 5.10 Å². The SMILES string of the molecule is Cn1cc(Br)c(NC2CCC2)n1. The third-order valence-corrected chi connectivity index (χ3v) is 2.81. The summed E-state index contributed by atoms with van der Waals surface area (Å²) in [5, 5.41) is 7.68. The molecule has 12 heavy (non-hydrogen) atoms. The highest BCUT2D eigenvalue weighted by atomic mass is 79.9. The average Bonchev–Trinajstić information content (AvgIpc) is 2.21. The summed E-state index contributed by atoms with van der Waals surface area (Å²) in [6, 6.07) is 0.649. The lowest BCUT2D eigenvalue weighted by atomic mass is 9.93. The lowest BCUT2D eigenvalue weighted by Gasteiger charge is -2.26. The molecule has 0 spiro atoms. The van der Waals surface area contributed by atoms with Crippen molar-refractivity contribution in [2.75, 3.05) is 5.32 Å². The second kappa shape index (κ2) is 3.09. The fourth-order valence-electron chi connectivity index (χ4n) is 1.30. The average molecular weight is 230 g/mol. The summed E-state index contributed by atoms with van der Waals surface area (Å²) in [5.41, 5.74) is 0. The van der Waals surface area contributed by atoms with Gasteiger partial charge in [0.2, 0.25) is 0 Å². The fraction of sp³-hybridized carbons (Fsp3) is 0.625. The van der Waals surface area contributed by atoms with Crippen LogP contribution in [0.4, 0.5) is 5.82 Å². The molecule has 1 aliphatic rings. The molecular formula is C8H12BrN3. The van der Waals surface area contributed by atoms with Crippen LogP contribution in [0, 0.1) is 0 Å². The summed E-state index contributed by atoms with van der Waals surface area (Å²) in [5.74, 6) is 0.974. The second-order valence-electron chi connectivity index (χ2n) is 3.27. The summed E-state index contributed by atoms with van der Waals surface area (Å²) in [6.45, 7) is 0. The summed E-state index contributed by atoms with van der Waals surface area (Å²) in [6.07, 6.45) is 5.87. The van der Waals surface area contributed by atoms with E-state index < -0.39 is 0 Å². The number of hydrogen-bond acceptors (Lipinski definition) is 2. The molecule has 1 saturated carbocycles. The molecule has 66 valence electrons. The van der Waals surface area contributed by atoms with Crippen LogP contribution in [-0.2, 0) is 7.05 Å². The minimum absolute atomic E-state index is 0.649. The van der Waals surface area contributed by atoms with E-state index in [0.29, 0.717) is 6.04 Å². The van der Waals surface area contributed by atoms with E-state index in [9.17, 15) is 0 Å². The first-order chi connectivity index (χ1) is 5.75. The van der Waals surface area contributed by atoms with Crippen LogP contribution in [0.1, 0.15) is 19.3 Å². The molecule has 4 heteroatoms. The summed E-state index contributed by atoms with van der Waals surface area (Å²) < 4.78 is 2.86. The van der Waals surface area contributed by atoms with Crippen LogP contribution in [-0.4, -0.2) is 15.8 Å². The van der Waals surface area contributed by atoms with Crippen LogP contribution in [0.3, 0.4) is 0 Å². The van der Waals surface area contributed by atoms with E-state index in [-0.39, 0.29) is 0 Å². The first kappa shape index (κ1) is 8.10. The third-order valence-electron chi connectivity index (χ3n) is 2.23. The van der Waals surface area contributed by atoms with Gasteiger partial charge in [0.1, 0.15) is 0 Å². The summed E-state index contributed by atoms with van der Waals surface area (Å²) >= 11 is 3.45. The molecule has 0 bridgehead atoms. The Bertz CT molecular complexity index is 278. The molecule has 1 N–H and O–H groups in total. The van der Waals surface area contributed by atoms with Gasteiger partial charge in [-0.05, 0) is 35.2 Å². The maximum atomic E-state index is 4.29. The number of rotatable bonds is 2. The van der Waals surface area contributed by atoms with Crippen molar-refractivity contribution >= 4 is 21.7 Å². The van der Waals surface area contributed by atoms with Gasteiger partial charge in [0.25, 0.3) is 0 Å². The smallest absolute Gasteiger partial charge is 0.162 e. The lowest BCUT2D eigenvalue weighted by molar-refractivity contribution is 0.444. The predicted octanol–water partition coefficient (Wildman–Crippen LogP) is 2.15. The van der Waals surface area contributed by atoms with Gasteiger partial charge in [-0.25, -0.2) is 0 Å². The minimum Gasteiger partial charge on any atom is -0.365 e. The van der Waals surface area contributed by atoms with Gasteiger partial charge in [0.15, 0.2) is 5.82 Å². The van der Waals surface area contributed by atoms with Crippen LogP contribution in [0.2, 0.25) is 0 Å². The number of nitrogens with one attached hydrogen (secondary N) is 1. The number of anilines is 1. The molecule has 0 atom stereocenters. The number of halogens is 1. The van der Waals surface area contributed by atoms with Gasteiger partial charge in [0.05, 0.1) is 4.47 Å². The van der Waals surface area contributed by atoms with Crippen LogP contribution >= 0.6 is 15.9 Å². The Morgan fingerprint density at radius 3 is 2.83 bits per heavy atom. The molecule has 0 amide bonds. The maximum Gasteiger partial charge on any atom is 0.162 e. The molecule has 1 aromatic heterocycles. The van der Waals surface area contributed by atoms with Gasteiger partial charge >= 0.3 is 0 Å². The van der Waals surface area contributed by atoms with E-state index in [1.54, 1.807) is 0 Å². The zero-order valence-electron chi connectivity index (χ0n) is 7.05. The Labute approximate surface area is 80.3 Å². The Hall–Kier alpha value is -0.510. The number of aryl methyl sites for hydroxylation is 1. The van der Waals surface area contributed by atoms with E-state index in [2.05, 4.69) is 26.3 Å². The predicted molar refractivity (Wildman–Crippen MR) is 52.2 cm³/mol. The first-order valence-corrected chi connectivity index (χ1v) is 5.00. The molecule has 1 heterocycles. The zero-order valence-corrected chi connectivity index (χ0v) is 8.63. The molecule has 3 nitrogen and oxygen atoms in total. The first-order valence-electron chi connectivity index (χ1n) is 4.21. The van der Waals surface area contributed by atoms with E-state index in [1.165, 1.54) is 19.3 Å². The number of hydrogen-bond donors (Lipinski definition) is 1. The topological polar surface area (TPSA) is 29.9 Å². The summed E-state index contributed by atoms with van der Waals surface area (Å²) in [4.78, 5) is 0. The van der Waals surface area contributed by atoms with Gasteiger partial charge < -0.3 is 5.32 Å². The maximum absolute atomic E-state index is 4.29. The zero-order chi connectivity index (χ0) is 8.55. The Kier molecular flexibility index (Phi) is 2.09. The normalized spacial score (nSPS) is 17.5. The van der Waals surface area contributed by atoms with Crippen molar-refractivity contribution in [1.82, 2.24) is 9.78 Å². The third kappa shape index (κ3) is 1.48. The second-order valence-corrected chi connectivity index (χ2v) is 4.13. The molecule has 0 saturated heterocycles. The quantitative estimate of drug-likeness (QED) is 0.843. The molecular weight excluding hydrogens is 218 g/mol. The van der Waals surface area contributed by atoms with E-state index in [0.717, 1.165) is 10.3 Å². The van der Waals surface area contributed by atoms with Gasteiger partial charge in [-0.15, -0.1) is 0 Å². The van der Waals surface area contributed by atoms with Crippen molar-refractivity contribution in [3.63, 3.8) is 0 Å². The number of aromatic nitrogens is 2. The van der Waals surface area contributed by atoms with Crippen LogP contribution in [0.25, 0.3) is 0 Å². The number of nitrogens with zero attached hydrogens (tertiary/aromatic N) is 2. The summed E-state index contributed by atoms with van der Waals surface area (Å²) in [7, 11) is 1.93. The molecule has 0 unspecified atom stereocenters. The van der Waals surface area contributed by atoms with Crippen LogP contribution < -0.4 is 5.32 Å². The fourth-order valence-corrected chi connectivity index (χ4v) is 1.79. The monoisotopic (exact) mass is 229 g/mol. The molecule has 0 radical (unpaired) electrons. The van der Waals surface area contributed by atoms with E-state index in [4.69, 9.17) is 0 Å². The van der Waals surface area contributed by atoms with Crippen molar-refractivity contribution in [3.8, 4) is 0 Å². The van der Waals surface area contributed by atoms with Crippen LogP contribution in [0.15, 0.2) is 10.7 Å². The van der Waals surface area contributed by atoms with Crippen molar-refractivity contribution < 1.29 is 0 Å². The highest BCUT2D eigenvalue weighted by Crippen LogP contribution is 2.26. The molecule has 0 aliphatic heterocycles. The standard InChI is InChI=1S/C8H12BrN3/c1-12-5-7(9)8(11-12)10-6-3-2-4-6/h5-6H,2-4H2,1H3,(H,10,11). The highest BCUT2D eigenvalue weighted by Gasteiger charge is 2.18. The van der Waals surface area contributed by atoms with Crippen LogP contribution in [0.5, 0.6) is 0 Å². The Morgan fingerprint density at radius 1 is 1.67 bits per heavy atom. The van der Waals surface area contributed by atoms with E-state index >= 15 is 0 Å². The molecule has 0 aromatic carbocycles. The van der Waals surface area contributed by atoms with Crippen molar-refractivity contribution in [2.24, 2.45) is 7.05 Å². The largest absolute Gasteiger partial charge is 0.365 e. The minimum atomic E-state index is 0.649. The lowest BCUT2D eigenvalue weighted by Crippen LogP contribution is -2.27. The van der Waals surface area contributed by atoms with Gasteiger partial charge in [-0.1, -0.05) is 0 Å².